The van der Waals surface area contributed by atoms with Gasteiger partial charge in [0.05, 0.1) is 10.6 Å². The molecule has 124 valence electrons. The molecule has 0 atom stereocenters. The van der Waals surface area contributed by atoms with Gasteiger partial charge in [0.15, 0.2) is 0 Å². The van der Waals surface area contributed by atoms with E-state index in [9.17, 15) is 9.18 Å². The third-order valence-corrected chi connectivity index (χ3v) is 4.37. The number of benzene rings is 2. The standard InChI is InChI=1S/C19H18ClFN2O/c1-13-12-14-6-2-3-9-17(14)23(13)11-5-10-22-19(24)18-15(20)7-4-8-16(18)21/h2-4,6-9,12H,5,10-11H2,1H3,(H,22,24). The van der Waals surface area contributed by atoms with Gasteiger partial charge in [0, 0.05) is 24.3 Å². The van der Waals surface area contributed by atoms with Gasteiger partial charge in [-0.3, -0.25) is 4.79 Å². The summed E-state index contributed by atoms with van der Waals surface area (Å²) in [7, 11) is 0. The summed E-state index contributed by atoms with van der Waals surface area (Å²) in [5.74, 6) is -1.08. The monoisotopic (exact) mass is 344 g/mol. The number of fused-ring (bicyclic) bond motifs is 1. The van der Waals surface area contributed by atoms with Crippen LogP contribution >= 0.6 is 11.6 Å². The van der Waals surface area contributed by atoms with Crippen LogP contribution in [0.2, 0.25) is 5.02 Å². The molecule has 2 aromatic carbocycles. The minimum atomic E-state index is -0.604. The highest BCUT2D eigenvalue weighted by Crippen LogP contribution is 2.20. The lowest BCUT2D eigenvalue weighted by molar-refractivity contribution is 0.0949. The summed E-state index contributed by atoms with van der Waals surface area (Å²) in [5.41, 5.74) is 2.26. The fraction of sp³-hybridized carbons (Fsp3) is 0.211. The molecule has 3 nitrogen and oxygen atoms in total. The Bertz CT molecular complexity index is 868. The van der Waals surface area contributed by atoms with Crippen molar-refractivity contribution in [3.63, 3.8) is 0 Å². The van der Waals surface area contributed by atoms with Gasteiger partial charge in [-0.15, -0.1) is 0 Å². The summed E-state index contributed by atoms with van der Waals surface area (Å²) >= 11 is 5.90. The molecule has 0 saturated heterocycles. The average molecular weight is 345 g/mol. The molecule has 3 rings (SSSR count). The number of nitrogens with zero attached hydrogens (tertiary/aromatic N) is 1. The van der Waals surface area contributed by atoms with Gasteiger partial charge in [-0.05, 0) is 43.0 Å². The highest BCUT2D eigenvalue weighted by Gasteiger charge is 2.15. The highest BCUT2D eigenvalue weighted by atomic mass is 35.5. The van der Waals surface area contributed by atoms with E-state index in [1.54, 1.807) is 0 Å². The molecule has 0 aliphatic carbocycles. The van der Waals surface area contributed by atoms with E-state index in [4.69, 9.17) is 11.6 Å². The molecular weight excluding hydrogens is 327 g/mol. The molecule has 0 radical (unpaired) electrons. The van der Waals surface area contributed by atoms with E-state index in [0.29, 0.717) is 6.54 Å². The number of rotatable bonds is 5. The smallest absolute Gasteiger partial charge is 0.255 e. The Morgan fingerprint density at radius 3 is 2.79 bits per heavy atom. The van der Waals surface area contributed by atoms with Crippen molar-refractivity contribution in [2.24, 2.45) is 0 Å². The van der Waals surface area contributed by atoms with Gasteiger partial charge in [-0.2, -0.15) is 0 Å². The van der Waals surface area contributed by atoms with Crippen molar-refractivity contribution < 1.29 is 9.18 Å². The molecule has 0 unspecified atom stereocenters. The highest BCUT2D eigenvalue weighted by molar-refractivity contribution is 6.33. The van der Waals surface area contributed by atoms with Crippen LogP contribution in [-0.4, -0.2) is 17.0 Å². The second-order valence-electron chi connectivity index (χ2n) is 5.70. The Morgan fingerprint density at radius 1 is 1.21 bits per heavy atom. The molecule has 1 aromatic heterocycles. The van der Waals surface area contributed by atoms with Crippen molar-refractivity contribution in [1.29, 1.82) is 0 Å². The molecule has 1 N–H and O–H groups in total. The first-order chi connectivity index (χ1) is 11.6. The van der Waals surface area contributed by atoms with Crippen molar-refractivity contribution in [3.05, 3.63) is 70.6 Å². The van der Waals surface area contributed by atoms with Crippen LogP contribution in [0.25, 0.3) is 10.9 Å². The molecule has 1 heterocycles. The lowest BCUT2D eigenvalue weighted by Crippen LogP contribution is -2.26. The maximum Gasteiger partial charge on any atom is 0.255 e. The molecule has 24 heavy (non-hydrogen) atoms. The van der Waals surface area contributed by atoms with Crippen LogP contribution < -0.4 is 5.32 Å². The number of para-hydroxylation sites is 1. The molecule has 0 fully saturated rings. The van der Waals surface area contributed by atoms with E-state index in [2.05, 4.69) is 35.0 Å². The number of halogens is 2. The average Bonchev–Trinajstić information content (AvgIpc) is 2.87. The van der Waals surface area contributed by atoms with E-state index in [-0.39, 0.29) is 10.6 Å². The first-order valence-corrected chi connectivity index (χ1v) is 8.23. The molecule has 0 saturated carbocycles. The number of carbonyl (C=O) groups excluding carboxylic acids is 1. The number of hydrogen-bond acceptors (Lipinski definition) is 1. The predicted octanol–water partition coefficient (Wildman–Crippen LogP) is 4.56. The zero-order valence-electron chi connectivity index (χ0n) is 13.4. The molecule has 5 heteroatoms. The first-order valence-electron chi connectivity index (χ1n) is 7.85. The molecule has 0 bridgehead atoms. The zero-order valence-corrected chi connectivity index (χ0v) is 14.1. The van der Waals surface area contributed by atoms with Crippen molar-refractivity contribution in [3.8, 4) is 0 Å². The van der Waals surface area contributed by atoms with Crippen molar-refractivity contribution in [2.75, 3.05) is 6.54 Å². The van der Waals surface area contributed by atoms with E-state index < -0.39 is 11.7 Å². The molecule has 0 spiro atoms. The summed E-state index contributed by atoms with van der Waals surface area (Å²) < 4.78 is 15.9. The number of hydrogen-bond donors (Lipinski definition) is 1. The quantitative estimate of drug-likeness (QED) is 0.676. The van der Waals surface area contributed by atoms with Gasteiger partial charge < -0.3 is 9.88 Å². The zero-order chi connectivity index (χ0) is 17.1. The summed E-state index contributed by atoms with van der Waals surface area (Å²) in [6, 6.07) is 14.6. The van der Waals surface area contributed by atoms with Gasteiger partial charge in [-0.25, -0.2) is 4.39 Å². The SMILES string of the molecule is Cc1cc2ccccc2n1CCCNC(=O)c1c(F)cccc1Cl. The van der Waals surface area contributed by atoms with Gasteiger partial charge in [0.1, 0.15) is 5.82 Å². The second-order valence-corrected chi connectivity index (χ2v) is 6.11. The molecule has 1 amide bonds. The number of amides is 1. The van der Waals surface area contributed by atoms with E-state index >= 15 is 0 Å². The third kappa shape index (κ3) is 3.29. The van der Waals surface area contributed by atoms with Crippen LogP contribution in [0.5, 0.6) is 0 Å². The van der Waals surface area contributed by atoms with Crippen LogP contribution in [-0.2, 0) is 6.54 Å². The maximum absolute atomic E-state index is 13.7. The predicted molar refractivity (Wildman–Crippen MR) is 95.0 cm³/mol. The van der Waals surface area contributed by atoms with Gasteiger partial charge in [0.25, 0.3) is 5.91 Å². The molecule has 0 aliphatic heterocycles. The normalized spacial score (nSPS) is 11.0. The van der Waals surface area contributed by atoms with Crippen molar-refractivity contribution in [1.82, 2.24) is 9.88 Å². The van der Waals surface area contributed by atoms with Crippen LogP contribution in [0.1, 0.15) is 22.5 Å². The summed E-state index contributed by atoms with van der Waals surface area (Å²) in [5, 5.41) is 4.06. The number of aromatic nitrogens is 1. The second kappa shape index (κ2) is 7.05. The summed E-state index contributed by atoms with van der Waals surface area (Å²) in [4.78, 5) is 12.1. The van der Waals surface area contributed by atoms with Crippen LogP contribution in [0, 0.1) is 12.7 Å². The minimum absolute atomic E-state index is 0.0956. The van der Waals surface area contributed by atoms with Crippen LogP contribution in [0.4, 0.5) is 4.39 Å². The number of aryl methyl sites for hydroxylation is 2. The Kier molecular flexibility index (Phi) is 4.86. The summed E-state index contributed by atoms with van der Waals surface area (Å²) in [6.45, 7) is 3.30. The Hall–Kier alpha value is -2.33. The largest absolute Gasteiger partial charge is 0.352 e. The Balaban J connectivity index is 1.61. The van der Waals surface area contributed by atoms with Gasteiger partial charge >= 0.3 is 0 Å². The lowest BCUT2D eigenvalue weighted by Gasteiger charge is -2.10. The molecule has 0 aliphatic rings. The number of nitrogens with one attached hydrogen (secondary N) is 1. The summed E-state index contributed by atoms with van der Waals surface area (Å²) in [6.07, 6.45) is 0.747. The molecular formula is C19H18ClFN2O. The Morgan fingerprint density at radius 2 is 2.00 bits per heavy atom. The first kappa shape index (κ1) is 16.5. The van der Waals surface area contributed by atoms with E-state index in [1.807, 2.05) is 12.1 Å². The minimum Gasteiger partial charge on any atom is -0.352 e. The van der Waals surface area contributed by atoms with Gasteiger partial charge in [0.2, 0.25) is 0 Å². The number of carbonyl (C=O) groups is 1. The van der Waals surface area contributed by atoms with E-state index in [1.165, 1.54) is 34.8 Å². The van der Waals surface area contributed by atoms with E-state index in [0.717, 1.165) is 13.0 Å². The molecule has 3 aromatic rings. The van der Waals surface area contributed by atoms with Crippen LogP contribution in [0.15, 0.2) is 48.5 Å². The van der Waals surface area contributed by atoms with Crippen molar-refractivity contribution >= 4 is 28.4 Å². The Labute approximate surface area is 145 Å². The van der Waals surface area contributed by atoms with Gasteiger partial charge in [-0.1, -0.05) is 35.9 Å². The lowest BCUT2D eigenvalue weighted by atomic mass is 10.2. The van der Waals surface area contributed by atoms with Crippen LogP contribution in [0.3, 0.4) is 0 Å². The third-order valence-electron chi connectivity index (χ3n) is 4.05. The fourth-order valence-corrected chi connectivity index (χ4v) is 3.14. The topological polar surface area (TPSA) is 34.0 Å². The van der Waals surface area contributed by atoms with Crippen molar-refractivity contribution in [2.45, 2.75) is 19.9 Å². The maximum atomic E-state index is 13.7. The fourth-order valence-electron chi connectivity index (χ4n) is 2.89.